The highest BCUT2D eigenvalue weighted by Crippen LogP contribution is 2.28. The fourth-order valence-electron chi connectivity index (χ4n) is 2.66. The van der Waals surface area contributed by atoms with Crippen molar-refractivity contribution in [1.82, 2.24) is 0 Å². The fourth-order valence-corrected chi connectivity index (χ4v) is 3.11. The molecule has 2 nitrogen and oxygen atoms in total. The second kappa shape index (κ2) is 6.75. The van der Waals surface area contributed by atoms with Crippen molar-refractivity contribution in [3.63, 3.8) is 0 Å². The third-order valence-corrected chi connectivity index (χ3v) is 4.40. The summed E-state index contributed by atoms with van der Waals surface area (Å²) < 4.78 is 6.06. The van der Waals surface area contributed by atoms with E-state index < -0.39 is 0 Å². The molecule has 122 valence electrons. The Morgan fingerprint density at radius 1 is 0.760 bits per heavy atom. The van der Waals surface area contributed by atoms with Crippen molar-refractivity contribution < 1.29 is 4.42 Å². The van der Waals surface area contributed by atoms with Crippen LogP contribution in [0.1, 0.15) is 0 Å². The molecule has 0 aliphatic carbocycles. The highest BCUT2D eigenvalue weighted by molar-refractivity contribution is 6.36. The van der Waals surface area contributed by atoms with Crippen molar-refractivity contribution in [3.8, 4) is 11.3 Å². The molecule has 0 unspecified atom stereocenters. The number of nitrogens with zero attached hydrogens (tertiary/aromatic N) is 1. The number of hydrogen-bond donors (Lipinski definition) is 0. The van der Waals surface area contributed by atoms with Crippen LogP contribution in [0.15, 0.2) is 88.3 Å². The van der Waals surface area contributed by atoms with E-state index in [0.29, 0.717) is 15.7 Å². The topological polar surface area (TPSA) is 25.5 Å². The van der Waals surface area contributed by atoms with Gasteiger partial charge < -0.3 is 4.42 Å². The van der Waals surface area contributed by atoms with Gasteiger partial charge in [0.15, 0.2) is 0 Å². The van der Waals surface area contributed by atoms with Crippen molar-refractivity contribution >= 4 is 39.9 Å². The molecule has 4 heteroatoms. The molecule has 0 aliphatic rings. The van der Waals surface area contributed by atoms with Gasteiger partial charge in [0, 0.05) is 22.0 Å². The van der Waals surface area contributed by atoms with Crippen LogP contribution in [-0.2, 0) is 0 Å². The zero-order chi connectivity index (χ0) is 17.2. The standard InChI is InChI=1S/C21H13Cl2NO/c22-15-10-11-18(17(23)12-15)24-19-13-21(14-6-2-1-3-7-14)25-20-9-5-4-8-16(19)20/h1-13H. The minimum absolute atomic E-state index is 0.513. The number of halogens is 2. The lowest BCUT2D eigenvalue weighted by atomic mass is 10.1. The molecule has 4 aromatic rings. The summed E-state index contributed by atoms with van der Waals surface area (Å²) in [6.45, 7) is 0. The van der Waals surface area contributed by atoms with Crippen molar-refractivity contribution in [1.29, 1.82) is 0 Å². The summed E-state index contributed by atoms with van der Waals surface area (Å²) in [5.41, 5.74) is 2.43. The van der Waals surface area contributed by atoms with E-state index in [1.54, 1.807) is 12.1 Å². The Morgan fingerprint density at radius 3 is 2.32 bits per heavy atom. The SMILES string of the molecule is Clc1ccc(N=c2cc(-c3ccccc3)oc3ccccc23)c(Cl)c1. The average Bonchev–Trinajstić information content (AvgIpc) is 2.64. The van der Waals surface area contributed by atoms with Crippen LogP contribution in [0.3, 0.4) is 0 Å². The van der Waals surface area contributed by atoms with Gasteiger partial charge in [0.25, 0.3) is 0 Å². The third-order valence-electron chi connectivity index (χ3n) is 3.86. The summed E-state index contributed by atoms with van der Waals surface area (Å²) >= 11 is 12.3. The molecule has 4 rings (SSSR count). The Bertz CT molecular complexity index is 1120. The highest BCUT2D eigenvalue weighted by atomic mass is 35.5. The van der Waals surface area contributed by atoms with E-state index in [2.05, 4.69) is 0 Å². The average molecular weight is 366 g/mol. The molecule has 3 aromatic carbocycles. The minimum atomic E-state index is 0.513. The fraction of sp³-hybridized carbons (Fsp3) is 0. The summed E-state index contributed by atoms with van der Waals surface area (Å²) in [4.78, 5) is 4.75. The summed E-state index contributed by atoms with van der Waals surface area (Å²) in [6, 6.07) is 25.0. The predicted molar refractivity (Wildman–Crippen MR) is 103 cm³/mol. The van der Waals surface area contributed by atoms with Crippen molar-refractivity contribution in [2.45, 2.75) is 0 Å². The predicted octanol–water partition coefficient (Wildman–Crippen LogP) is 6.64. The Hall–Kier alpha value is -2.55. The van der Waals surface area contributed by atoms with Crippen LogP contribution in [0.25, 0.3) is 22.3 Å². The number of benzene rings is 3. The molecule has 0 atom stereocenters. The largest absolute Gasteiger partial charge is 0.456 e. The summed E-state index contributed by atoms with van der Waals surface area (Å²) in [5, 5.41) is 2.82. The van der Waals surface area contributed by atoms with Gasteiger partial charge in [-0.15, -0.1) is 0 Å². The van der Waals surface area contributed by atoms with Crippen LogP contribution in [0.4, 0.5) is 5.69 Å². The lowest BCUT2D eigenvalue weighted by Crippen LogP contribution is -2.03. The van der Waals surface area contributed by atoms with Gasteiger partial charge in [0.2, 0.25) is 0 Å². The monoisotopic (exact) mass is 365 g/mol. The summed E-state index contributed by atoms with van der Waals surface area (Å²) in [7, 11) is 0. The zero-order valence-electron chi connectivity index (χ0n) is 13.1. The number of rotatable bonds is 2. The molecule has 0 saturated heterocycles. The number of hydrogen-bond acceptors (Lipinski definition) is 2. The van der Waals surface area contributed by atoms with E-state index in [0.717, 1.165) is 27.7 Å². The van der Waals surface area contributed by atoms with Gasteiger partial charge in [-0.25, -0.2) is 4.99 Å². The van der Waals surface area contributed by atoms with E-state index in [4.69, 9.17) is 32.6 Å². The number of para-hydroxylation sites is 1. The lowest BCUT2D eigenvalue weighted by molar-refractivity contribution is 0.618. The number of fused-ring (bicyclic) bond motifs is 1. The molecule has 0 N–H and O–H groups in total. The van der Waals surface area contributed by atoms with Crippen LogP contribution >= 0.6 is 23.2 Å². The van der Waals surface area contributed by atoms with Crippen LogP contribution in [0, 0.1) is 0 Å². The third kappa shape index (κ3) is 3.32. The Kier molecular flexibility index (Phi) is 4.31. The van der Waals surface area contributed by atoms with Crippen LogP contribution in [-0.4, -0.2) is 0 Å². The summed E-state index contributed by atoms with van der Waals surface area (Å²) in [6.07, 6.45) is 0. The normalized spacial score (nSPS) is 11.8. The first-order valence-electron chi connectivity index (χ1n) is 7.79. The quantitative estimate of drug-likeness (QED) is 0.390. The molecule has 0 saturated carbocycles. The van der Waals surface area contributed by atoms with E-state index >= 15 is 0 Å². The second-order valence-electron chi connectivity index (χ2n) is 5.57. The maximum atomic E-state index is 6.29. The van der Waals surface area contributed by atoms with Crippen LogP contribution in [0.5, 0.6) is 0 Å². The molecule has 0 spiro atoms. The van der Waals surface area contributed by atoms with Crippen molar-refractivity contribution in [3.05, 3.63) is 94.3 Å². The molecule has 0 bridgehead atoms. The van der Waals surface area contributed by atoms with Crippen LogP contribution in [0.2, 0.25) is 10.0 Å². The Balaban J connectivity index is 2.00. The van der Waals surface area contributed by atoms with Gasteiger partial charge in [-0.3, -0.25) is 0 Å². The molecule has 25 heavy (non-hydrogen) atoms. The van der Waals surface area contributed by atoms with E-state index in [1.807, 2.05) is 66.7 Å². The molecule has 0 fully saturated rings. The van der Waals surface area contributed by atoms with E-state index in [1.165, 1.54) is 0 Å². The second-order valence-corrected chi connectivity index (χ2v) is 6.41. The maximum absolute atomic E-state index is 6.29. The molecule has 0 aliphatic heterocycles. The first-order chi connectivity index (χ1) is 12.2. The molecular weight excluding hydrogens is 353 g/mol. The Morgan fingerprint density at radius 2 is 1.52 bits per heavy atom. The smallest absolute Gasteiger partial charge is 0.136 e. The highest BCUT2D eigenvalue weighted by Gasteiger charge is 2.06. The summed E-state index contributed by atoms with van der Waals surface area (Å²) in [5.74, 6) is 0.753. The molecular formula is C21H13Cl2NO. The zero-order valence-corrected chi connectivity index (χ0v) is 14.6. The Labute approximate surface area is 155 Å². The van der Waals surface area contributed by atoms with E-state index in [9.17, 15) is 0 Å². The lowest BCUT2D eigenvalue weighted by Gasteiger charge is -2.05. The molecule has 1 heterocycles. The van der Waals surface area contributed by atoms with Crippen molar-refractivity contribution in [2.24, 2.45) is 4.99 Å². The molecule has 1 aromatic heterocycles. The van der Waals surface area contributed by atoms with Gasteiger partial charge in [0.05, 0.1) is 16.1 Å². The van der Waals surface area contributed by atoms with Gasteiger partial charge in [-0.05, 0) is 30.3 Å². The van der Waals surface area contributed by atoms with E-state index in [-0.39, 0.29) is 0 Å². The van der Waals surface area contributed by atoms with Crippen molar-refractivity contribution in [2.75, 3.05) is 0 Å². The van der Waals surface area contributed by atoms with Crippen LogP contribution < -0.4 is 5.36 Å². The first-order valence-corrected chi connectivity index (χ1v) is 8.54. The van der Waals surface area contributed by atoms with Gasteiger partial charge in [0.1, 0.15) is 11.3 Å². The maximum Gasteiger partial charge on any atom is 0.136 e. The van der Waals surface area contributed by atoms with Gasteiger partial charge in [-0.2, -0.15) is 0 Å². The molecule has 0 amide bonds. The van der Waals surface area contributed by atoms with Gasteiger partial charge in [-0.1, -0.05) is 65.7 Å². The van der Waals surface area contributed by atoms with Gasteiger partial charge >= 0.3 is 0 Å². The minimum Gasteiger partial charge on any atom is -0.456 e. The first kappa shape index (κ1) is 15.9. The molecule has 0 radical (unpaired) electrons.